The predicted molar refractivity (Wildman–Crippen MR) is 110 cm³/mol. The van der Waals surface area contributed by atoms with Crippen LogP contribution in [-0.4, -0.2) is 65.4 Å². The maximum Gasteiger partial charge on any atom is 0.267 e. The fourth-order valence-electron chi connectivity index (χ4n) is 4.66. The molecular formula is C22H29FN4O2. The van der Waals surface area contributed by atoms with Crippen LogP contribution < -0.4 is 5.32 Å². The van der Waals surface area contributed by atoms with E-state index in [1.54, 1.807) is 17.0 Å². The van der Waals surface area contributed by atoms with Crippen molar-refractivity contribution in [3.63, 3.8) is 0 Å². The molecule has 0 radical (unpaired) electrons. The highest BCUT2D eigenvalue weighted by Gasteiger charge is 2.31. The third kappa shape index (κ3) is 4.15. The van der Waals surface area contributed by atoms with Gasteiger partial charge in [-0.15, -0.1) is 0 Å². The van der Waals surface area contributed by atoms with Gasteiger partial charge in [0.15, 0.2) is 0 Å². The highest BCUT2D eigenvalue weighted by molar-refractivity contribution is 5.99. The summed E-state index contributed by atoms with van der Waals surface area (Å²) in [6.07, 6.45) is 4.83. The van der Waals surface area contributed by atoms with Crippen LogP contribution in [0.4, 0.5) is 4.39 Å². The first-order chi connectivity index (χ1) is 13.9. The minimum absolute atomic E-state index is 0.0645. The molecule has 1 aliphatic carbocycles. The van der Waals surface area contributed by atoms with Gasteiger partial charge in [-0.05, 0) is 56.7 Å². The number of halogens is 1. The number of nitrogens with zero attached hydrogens (tertiary/aromatic N) is 2. The summed E-state index contributed by atoms with van der Waals surface area (Å²) in [4.78, 5) is 32.2. The quantitative estimate of drug-likeness (QED) is 0.833. The zero-order valence-corrected chi connectivity index (χ0v) is 17.1. The normalized spacial score (nSPS) is 24.0. The molecule has 6 nitrogen and oxygen atoms in total. The molecule has 2 N–H and O–H groups in total. The highest BCUT2D eigenvalue weighted by Crippen LogP contribution is 2.26. The van der Waals surface area contributed by atoms with Gasteiger partial charge in [-0.2, -0.15) is 0 Å². The van der Waals surface area contributed by atoms with Gasteiger partial charge in [-0.1, -0.05) is 6.07 Å². The van der Waals surface area contributed by atoms with Crippen LogP contribution in [-0.2, 0) is 4.79 Å². The molecule has 2 aliphatic rings. The Bertz CT molecular complexity index is 886. The predicted octanol–water partition coefficient (Wildman–Crippen LogP) is 2.82. The molecule has 1 aromatic heterocycles. The Kier molecular flexibility index (Phi) is 5.58. The fraction of sp³-hybridized carbons (Fsp3) is 0.545. The van der Waals surface area contributed by atoms with Crippen LogP contribution in [0.15, 0.2) is 18.2 Å². The summed E-state index contributed by atoms with van der Waals surface area (Å²) in [5.74, 6) is -0.351. The third-order valence-corrected chi connectivity index (χ3v) is 6.39. The zero-order chi connectivity index (χ0) is 20.5. The maximum absolute atomic E-state index is 14.1. The third-order valence-electron chi connectivity index (χ3n) is 6.39. The van der Waals surface area contributed by atoms with E-state index >= 15 is 0 Å². The van der Waals surface area contributed by atoms with Gasteiger partial charge in [-0.3, -0.25) is 14.5 Å². The zero-order valence-electron chi connectivity index (χ0n) is 17.1. The number of amides is 2. The van der Waals surface area contributed by atoms with Crippen LogP contribution in [0.1, 0.15) is 48.2 Å². The summed E-state index contributed by atoms with van der Waals surface area (Å²) in [5, 5.41) is 3.57. The first-order valence-electron chi connectivity index (χ1n) is 10.5. The molecule has 2 fully saturated rings. The van der Waals surface area contributed by atoms with Gasteiger partial charge in [0.05, 0.1) is 12.1 Å². The van der Waals surface area contributed by atoms with Gasteiger partial charge in [0.1, 0.15) is 11.5 Å². The summed E-state index contributed by atoms with van der Waals surface area (Å²) < 4.78 is 14.1. The number of likely N-dealkylation sites (N-methyl/N-ethyl adjacent to an activating group) is 1. The van der Waals surface area contributed by atoms with Gasteiger partial charge in [-0.25, -0.2) is 4.39 Å². The molecule has 0 spiro atoms. The van der Waals surface area contributed by atoms with Crippen molar-refractivity contribution >= 4 is 22.7 Å². The monoisotopic (exact) mass is 400 g/mol. The minimum Gasteiger partial charge on any atom is -0.350 e. The average Bonchev–Trinajstić information content (AvgIpc) is 3.10. The van der Waals surface area contributed by atoms with E-state index in [0.29, 0.717) is 29.2 Å². The lowest BCUT2D eigenvalue weighted by Gasteiger charge is -2.36. The number of hydrogen-bond acceptors (Lipinski definition) is 3. The van der Waals surface area contributed by atoms with Crippen molar-refractivity contribution in [2.75, 3.05) is 26.7 Å². The van der Waals surface area contributed by atoms with Gasteiger partial charge in [0.2, 0.25) is 5.91 Å². The first kappa shape index (κ1) is 19.9. The summed E-state index contributed by atoms with van der Waals surface area (Å²) in [6.45, 7) is 4.08. The molecule has 0 unspecified atom stereocenters. The van der Waals surface area contributed by atoms with Crippen molar-refractivity contribution in [2.45, 2.75) is 51.1 Å². The Morgan fingerprint density at radius 1 is 1.24 bits per heavy atom. The average molecular weight is 400 g/mol. The van der Waals surface area contributed by atoms with Crippen LogP contribution in [0.5, 0.6) is 0 Å². The Hall–Kier alpha value is -2.41. The summed E-state index contributed by atoms with van der Waals surface area (Å²) in [5.41, 5.74) is 1.97. The number of carbonyl (C=O) groups excluding carboxylic acids is 2. The van der Waals surface area contributed by atoms with Crippen LogP contribution in [0, 0.1) is 12.7 Å². The van der Waals surface area contributed by atoms with E-state index in [2.05, 4.69) is 15.2 Å². The van der Waals surface area contributed by atoms with E-state index in [1.807, 2.05) is 14.0 Å². The minimum atomic E-state index is -0.325. The number of aromatic amines is 1. The van der Waals surface area contributed by atoms with Gasteiger partial charge >= 0.3 is 0 Å². The summed E-state index contributed by atoms with van der Waals surface area (Å²) >= 11 is 0. The van der Waals surface area contributed by atoms with E-state index in [-0.39, 0.29) is 23.7 Å². The molecule has 4 rings (SSSR count). The molecule has 156 valence electrons. The maximum atomic E-state index is 14.1. The number of fused-ring (bicyclic) bond motifs is 1. The van der Waals surface area contributed by atoms with Crippen LogP contribution >= 0.6 is 0 Å². The summed E-state index contributed by atoms with van der Waals surface area (Å²) in [7, 11) is 1.86. The van der Waals surface area contributed by atoms with Crippen molar-refractivity contribution in [3.05, 3.63) is 35.3 Å². The van der Waals surface area contributed by atoms with Gasteiger partial charge in [0, 0.05) is 37.6 Å². The van der Waals surface area contributed by atoms with Crippen molar-refractivity contribution < 1.29 is 14.0 Å². The van der Waals surface area contributed by atoms with E-state index in [0.717, 1.165) is 50.8 Å². The van der Waals surface area contributed by atoms with Crippen LogP contribution in [0.25, 0.3) is 10.9 Å². The van der Waals surface area contributed by atoms with Crippen LogP contribution in [0.3, 0.4) is 0 Å². The molecule has 1 saturated carbocycles. The summed E-state index contributed by atoms with van der Waals surface area (Å²) in [6, 6.07) is 5.11. The van der Waals surface area contributed by atoms with E-state index in [1.165, 1.54) is 6.07 Å². The molecule has 29 heavy (non-hydrogen) atoms. The Labute approximate surface area is 170 Å². The molecule has 2 amide bonds. The largest absolute Gasteiger partial charge is 0.350 e. The lowest BCUT2D eigenvalue weighted by atomic mass is 9.89. The number of benzene rings is 1. The second kappa shape index (κ2) is 8.14. The number of aromatic nitrogens is 1. The standard InChI is InChI=1S/C22H29FN4O2/c1-14-7-8-18(23)17-12-19(25-21(14)17)22(29)24-15-5-3-6-16(11-15)27-10-4-9-26(2)20(28)13-27/h7-8,12,15-16,25H,3-6,9-11,13H2,1-2H3,(H,24,29)/t15-,16+/m1/s1. The molecule has 1 saturated heterocycles. The Morgan fingerprint density at radius 3 is 2.86 bits per heavy atom. The molecule has 2 aromatic rings. The SMILES string of the molecule is Cc1ccc(F)c2cc(C(=O)N[C@@H]3CCC[C@H](N4CCCN(C)C(=O)C4)C3)[nH]c12. The molecule has 0 bridgehead atoms. The van der Waals surface area contributed by atoms with Crippen molar-refractivity contribution in [1.82, 2.24) is 20.1 Å². The van der Waals surface area contributed by atoms with Crippen molar-refractivity contribution in [3.8, 4) is 0 Å². The van der Waals surface area contributed by atoms with E-state index in [9.17, 15) is 14.0 Å². The number of carbonyl (C=O) groups is 2. The molecule has 2 atom stereocenters. The lowest BCUT2D eigenvalue weighted by Crippen LogP contribution is -2.47. The van der Waals surface area contributed by atoms with E-state index in [4.69, 9.17) is 0 Å². The second-order valence-corrected chi connectivity index (χ2v) is 8.47. The fourth-order valence-corrected chi connectivity index (χ4v) is 4.66. The lowest BCUT2D eigenvalue weighted by molar-refractivity contribution is -0.130. The second-order valence-electron chi connectivity index (χ2n) is 8.47. The highest BCUT2D eigenvalue weighted by atomic mass is 19.1. The molecule has 1 aliphatic heterocycles. The van der Waals surface area contributed by atoms with Crippen molar-refractivity contribution in [2.24, 2.45) is 0 Å². The first-order valence-corrected chi connectivity index (χ1v) is 10.5. The number of H-pyrrole nitrogens is 1. The Morgan fingerprint density at radius 2 is 2.07 bits per heavy atom. The van der Waals surface area contributed by atoms with Crippen LogP contribution in [0.2, 0.25) is 0 Å². The van der Waals surface area contributed by atoms with Gasteiger partial charge < -0.3 is 15.2 Å². The number of nitrogens with one attached hydrogen (secondary N) is 2. The number of rotatable bonds is 3. The topological polar surface area (TPSA) is 68.4 Å². The molecule has 2 heterocycles. The van der Waals surface area contributed by atoms with Crippen molar-refractivity contribution in [1.29, 1.82) is 0 Å². The van der Waals surface area contributed by atoms with Gasteiger partial charge in [0.25, 0.3) is 5.91 Å². The molecule has 1 aromatic carbocycles. The Balaban J connectivity index is 1.43. The molecular weight excluding hydrogens is 371 g/mol. The smallest absolute Gasteiger partial charge is 0.267 e. The number of hydrogen-bond donors (Lipinski definition) is 2. The van der Waals surface area contributed by atoms with E-state index < -0.39 is 0 Å². The molecule has 7 heteroatoms. The number of aryl methyl sites for hydroxylation is 1.